The minimum Gasteiger partial charge on any atom is -0.337 e. The van der Waals surface area contributed by atoms with Crippen molar-refractivity contribution in [3.05, 3.63) is 6.04 Å². The molecule has 0 bridgehead atoms. The van der Waals surface area contributed by atoms with Crippen molar-refractivity contribution in [3.63, 3.8) is 0 Å². The number of rotatable bonds is 0. The van der Waals surface area contributed by atoms with Crippen LogP contribution in [-0.2, 0) is 4.79 Å². The summed E-state index contributed by atoms with van der Waals surface area (Å²) in [5, 5.41) is 0. The minimum absolute atomic E-state index is 0.326. The van der Waals surface area contributed by atoms with Gasteiger partial charge in [0.05, 0.1) is 6.04 Å². The molecule has 1 heterocycles. The average Bonchev–Trinajstić information content (AvgIpc) is 2.30. The fraction of sp³-hybridized carbons (Fsp3) is 0.778. The van der Waals surface area contributed by atoms with Crippen LogP contribution < -0.4 is 0 Å². The van der Waals surface area contributed by atoms with Crippen LogP contribution in [0.4, 0.5) is 0 Å². The first kappa shape index (κ1) is 7.14. The van der Waals surface area contributed by atoms with Crippen LogP contribution in [0.25, 0.3) is 0 Å². The number of amides is 1. The predicted molar refractivity (Wildman–Crippen MR) is 42.6 cm³/mol. The zero-order chi connectivity index (χ0) is 7.84. The quantitative estimate of drug-likeness (QED) is 0.516. The number of hydrogen-bond donors (Lipinski definition) is 0. The van der Waals surface area contributed by atoms with Crippen LogP contribution in [-0.4, -0.2) is 17.9 Å². The Labute approximate surface area is 67.6 Å². The molecule has 2 nitrogen and oxygen atoms in total. The molecule has 0 aromatic rings. The molecule has 2 aliphatic rings. The lowest BCUT2D eigenvalue weighted by molar-refractivity contribution is -0.126. The lowest BCUT2D eigenvalue weighted by Gasteiger charge is -2.27. The molecule has 1 amide bonds. The lowest BCUT2D eigenvalue weighted by Crippen LogP contribution is -2.25. The van der Waals surface area contributed by atoms with Crippen molar-refractivity contribution >= 4 is 5.91 Å². The van der Waals surface area contributed by atoms with Gasteiger partial charge >= 0.3 is 0 Å². The summed E-state index contributed by atoms with van der Waals surface area (Å²) >= 11 is 0. The standard InChI is InChI=1S/C9H14NO/c1-10-8-5-3-2-4-7(8)6-9(10)11/h7H,2-6H2,1H3. The first-order chi connectivity index (χ1) is 5.29. The van der Waals surface area contributed by atoms with E-state index in [9.17, 15) is 4.79 Å². The van der Waals surface area contributed by atoms with E-state index in [-0.39, 0.29) is 0 Å². The smallest absolute Gasteiger partial charge is 0.223 e. The molecule has 11 heavy (non-hydrogen) atoms. The maximum atomic E-state index is 11.2. The fourth-order valence-electron chi connectivity index (χ4n) is 2.24. The van der Waals surface area contributed by atoms with E-state index in [0.29, 0.717) is 11.8 Å². The van der Waals surface area contributed by atoms with Crippen molar-refractivity contribution in [2.45, 2.75) is 32.1 Å². The molecule has 1 aliphatic carbocycles. The van der Waals surface area contributed by atoms with Gasteiger partial charge in [0.25, 0.3) is 0 Å². The molecule has 1 saturated carbocycles. The van der Waals surface area contributed by atoms with Gasteiger partial charge in [-0.25, -0.2) is 0 Å². The first-order valence-corrected chi connectivity index (χ1v) is 4.41. The molecule has 0 aromatic carbocycles. The molecule has 1 saturated heterocycles. The molecule has 0 spiro atoms. The van der Waals surface area contributed by atoms with Gasteiger partial charge in [0.2, 0.25) is 5.91 Å². The van der Waals surface area contributed by atoms with Crippen molar-refractivity contribution < 1.29 is 4.79 Å². The van der Waals surface area contributed by atoms with E-state index in [1.165, 1.54) is 25.3 Å². The third-order valence-electron chi connectivity index (χ3n) is 2.93. The number of fused-ring (bicyclic) bond motifs is 1. The Bertz CT molecular complexity index is 178. The highest BCUT2D eigenvalue weighted by atomic mass is 16.2. The minimum atomic E-state index is 0.326. The largest absolute Gasteiger partial charge is 0.337 e. The SMILES string of the molecule is CN1[C]2CCCCC2CC1=O. The van der Waals surface area contributed by atoms with Crippen molar-refractivity contribution in [1.82, 2.24) is 4.90 Å². The van der Waals surface area contributed by atoms with Crippen LogP contribution in [0.5, 0.6) is 0 Å². The summed E-state index contributed by atoms with van der Waals surface area (Å²) in [6.45, 7) is 0. The fourth-order valence-corrected chi connectivity index (χ4v) is 2.24. The van der Waals surface area contributed by atoms with E-state index >= 15 is 0 Å². The molecular weight excluding hydrogens is 138 g/mol. The van der Waals surface area contributed by atoms with Gasteiger partial charge in [0.1, 0.15) is 0 Å². The molecule has 1 atom stereocenters. The van der Waals surface area contributed by atoms with Crippen LogP contribution in [0, 0.1) is 12.0 Å². The molecule has 2 rings (SSSR count). The molecule has 2 heteroatoms. The van der Waals surface area contributed by atoms with Crippen LogP contribution in [0.15, 0.2) is 0 Å². The lowest BCUT2D eigenvalue weighted by atomic mass is 9.85. The Morgan fingerprint density at radius 1 is 1.45 bits per heavy atom. The maximum absolute atomic E-state index is 11.2. The van der Waals surface area contributed by atoms with Gasteiger partial charge in [-0.3, -0.25) is 4.79 Å². The number of likely N-dealkylation sites (tertiary alicyclic amines) is 1. The molecule has 2 fully saturated rings. The Kier molecular flexibility index (Phi) is 1.63. The average molecular weight is 152 g/mol. The summed E-state index contributed by atoms with van der Waals surface area (Å²) in [4.78, 5) is 13.1. The first-order valence-electron chi connectivity index (χ1n) is 4.41. The topological polar surface area (TPSA) is 20.3 Å². The van der Waals surface area contributed by atoms with Crippen LogP contribution in [0.3, 0.4) is 0 Å². The Balaban J connectivity index is 2.11. The highest BCUT2D eigenvalue weighted by Crippen LogP contribution is 2.41. The maximum Gasteiger partial charge on any atom is 0.223 e. The van der Waals surface area contributed by atoms with E-state index in [1.807, 2.05) is 11.9 Å². The highest BCUT2D eigenvalue weighted by molar-refractivity contribution is 5.80. The highest BCUT2D eigenvalue weighted by Gasteiger charge is 2.39. The Morgan fingerprint density at radius 2 is 2.27 bits per heavy atom. The molecule has 0 N–H and O–H groups in total. The molecule has 0 aromatic heterocycles. The van der Waals surface area contributed by atoms with Gasteiger partial charge in [-0.05, 0) is 18.8 Å². The van der Waals surface area contributed by atoms with Crippen LogP contribution >= 0.6 is 0 Å². The van der Waals surface area contributed by atoms with E-state index < -0.39 is 0 Å². The number of hydrogen-bond acceptors (Lipinski definition) is 1. The molecule has 1 aliphatic heterocycles. The van der Waals surface area contributed by atoms with Crippen LogP contribution in [0.2, 0.25) is 0 Å². The summed E-state index contributed by atoms with van der Waals surface area (Å²) in [6, 6.07) is 1.40. The number of carbonyl (C=O) groups is 1. The van der Waals surface area contributed by atoms with Crippen molar-refractivity contribution in [3.8, 4) is 0 Å². The van der Waals surface area contributed by atoms with Gasteiger partial charge < -0.3 is 4.90 Å². The van der Waals surface area contributed by atoms with Gasteiger partial charge in [-0.1, -0.05) is 12.8 Å². The summed E-state index contributed by atoms with van der Waals surface area (Å²) in [5.41, 5.74) is 0. The van der Waals surface area contributed by atoms with Gasteiger partial charge in [-0.15, -0.1) is 0 Å². The van der Waals surface area contributed by atoms with Crippen molar-refractivity contribution in [2.24, 2.45) is 5.92 Å². The summed E-state index contributed by atoms with van der Waals surface area (Å²) in [5.74, 6) is 0.938. The van der Waals surface area contributed by atoms with E-state index in [2.05, 4.69) is 0 Å². The summed E-state index contributed by atoms with van der Waals surface area (Å²) < 4.78 is 0. The monoisotopic (exact) mass is 152 g/mol. The second-order valence-corrected chi connectivity index (χ2v) is 3.59. The van der Waals surface area contributed by atoms with Gasteiger partial charge in [0.15, 0.2) is 0 Å². The van der Waals surface area contributed by atoms with E-state index in [1.54, 1.807) is 0 Å². The van der Waals surface area contributed by atoms with E-state index in [0.717, 1.165) is 12.8 Å². The Morgan fingerprint density at radius 3 is 3.00 bits per heavy atom. The van der Waals surface area contributed by atoms with Gasteiger partial charge in [0, 0.05) is 13.5 Å². The zero-order valence-electron chi connectivity index (χ0n) is 6.97. The van der Waals surface area contributed by atoms with E-state index in [4.69, 9.17) is 0 Å². The summed E-state index contributed by atoms with van der Waals surface area (Å²) in [6.07, 6.45) is 5.78. The van der Waals surface area contributed by atoms with Crippen molar-refractivity contribution in [1.29, 1.82) is 0 Å². The second kappa shape index (κ2) is 2.50. The zero-order valence-corrected chi connectivity index (χ0v) is 6.97. The third kappa shape index (κ3) is 1.05. The normalized spacial score (nSPS) is 32.6. The third-order valence-corrected chi connectivity index (χ3v) is 2.93. The molecular formula is C9H14NO. The Hall–Kier alpha value is -0.530. The predicted octanol–water partition coefficient (Wildman–Crippen LogP) is 1.57. The van der Waals surface area contributed by atoms with Crippen LogP contribution in [0.1, 0.15) is 32.1 Å². The second-order valence-electron chi connectivity index (χ2n) is 3.59. The van der Waals surface area contributed by atoms with Crippen molar-refractivity contribution in [2.75, 3.05) is 7.05 Å². The number of nitrogens with zero attached hydrogens (tertiary/aromatic N) is 1. The summed E-state index contributed by atoms with van der Waals surface area (Å²) in [7, 11) is 1.92. The van der Waals surface area contributed by atoms with Gasteiger partial charge in [-0.2, -0.15) is 0 Å². The number of carbonyl (C=O) groups excluding carboxylic acids is 1. The molecule has 1 unspecified atom stereocenters. The molecule has 61 valence electrons. The molecule has 1 radical (unpaired) electrons.